The van der Waals surface area contributed by atoms with Crippen molar-refractivity contribution in [3.05, 3.63) is 243 Å². The number of allylic oxidation sites excluding steroid dienone is 40. The third-order valence-electron chi connectivity index (χ3n) is 14.8. The number of rotatable bonds is 70. The molecule has 5 atom stereocenters. The Balaban J connectivity index is 5.61. The molecule has 17 nitrogen and oxygen atoms in total. The number of ether oxygens (including phenoxy) is 4. The number of hydrogen-bond acceptors (Lipinski definition) is 15. The summed E-state index contributed by atoms with van der Waals surface area (Å²) in [4.78, 5) is 73.0. The van der Waals surface area contributed by atoms with Gasteiger partial charge >= 0.3 is 39.5 Å². The molecule has 3 N–H and O–H groups in total. The van der Waals surface area contributed by atoms with Gasteiger partial charge in [-0.15, -0.1) is 0 Å². The standard InChI is InChI=1S/C89H134O17P2/c1-5-9-13-17-21-25-29-33-37-40-41-44-47-50-54-58-62-66-70-74-87(92)100-79-84(105-88(93)75-71-67-63-59-55-51-45-36-32-28-24-20-16-12-8-4)81-103-107(95,96)101-77-83(90)78-102-108(97,98)104-82-85(106-89(94)76-72-68-64-60-56-52-48-43-39-35-31-27-23-19-15-11-7-3)80-99-86(91)73-69-65-61-57-53-49-46-42-38-34-30-26-22-18-14-10-6-2/h9-16,21-28,33-39,41,44-46,48-50,52,54-55,57,59-62,64,66,83-85,90H,5-8,17-20,29-32,40,42-43,47,51,53,56,58,63,65,67-82H2,1-4H3,(H,95,96)(H,97,98)/b13-9-,14-10-,15-11-,16-12-,25-21-,26-22-,27-23-,28-24-,37-33-,38-34-,39-35-,44-41-,45-36-,49-46-,52-48-,54-50-,59-55-,61-57-,64-60-,66-62-. The molecule has 0 spiro atoms. The van der Waals surface area contributed by atoms with Gasteiger partial charge in [-0.1, -0.05) is 271 Å². The Morgan fingerprint density at radius 1 is 0.259 bits per heavy atom. The monoisotopic (exact) mass is 1540 g/mol. The average Bonchev–Trinajstić information content (AvgIpc) is 0.901. The number of carbonyl (C=O) groups is 4. The number of phosphoric ester groups is 2. The highest BCUT2D eigenvalue weighted by atomic mass is 31.2. The second kappa shape index (κ2) is 78.0. The lowest BCUT2D eigenvalue weighted by molar-refractivity contribution is -0.161. The van der Waals surface area contributed by atoms with Gasteiger partial charge in [0.05, 0.1) is 26.4 Å². The van der Waals surface area contributed by atoms with Crippen molar-refractivity contribution in [1.82, 2.24) is 0 Å². The molecule has 0 aliphatic carbocycles. The number of unbranched alkanes of at least 4 members (excludes halogenated alkanes) is 4. The van der Waals surface area contributed by atoms with Gasteiger partial charge in [0.25, 0.3) is 0 Å². The minimum absolute atomic E-state index is 0.0102. The quantitative estimate of drug-likeness (QED) is 0.0169. The predicted octanol–water partition coefficient (Wildman–Crippen LogP) is 23.2. The van der Waals surface area contributed by atoms with Crippen molar-refractivity contribution in [2.75, 3.05) is 39.6 Å². The minimum Gasteiger partial charge on any atom is -0.462 e. The van der Waals surface area contributed by atoms with Crippen molar-refractivity contribution in [3.63, 3.8) is 0 Å². The van der Waals surface area contributed by atoms with E-state index in [0.29, 0.717) is 51.4 Å². The second-order valence-electron chi connectivity index (χ2n) is 24.8. The molecule has 0 aromatic rings. The molecule has 5 unspecified atom stereocenters. The molecule has 0 heterocycles. The van der Waals surface area contributed by atoms with Gasteiger partial charge in [0, 0.05) is 25.7 Å². The van der Waals surface area contributed by atoms with E-state index in [1.165, 1.54) is 0 Å². The first-order valence-electron chi connectivity index (χ1n) is 39.3. The highest BCUT2D eigenvalue weighted by Crippen LogP contribution is 2.45. The van der Waals surface area contributed by atoms with Gasteiger partial charge in [-0.05, 0) is 180 Å². The Morgan fingerprint density at radius 2 is 0.472 bits per heavy atom. The van der Waals surface area contributed by atoms with Crippen LogP contribution in [0.15, 0.2) is 243 Å². The Labute approximate surface area is 650 Å². The van der Waals surface area contributed by atoms with Crippen molar-refractivity contribution < 1.29 is 80.2 Å². The van der Waals surface area contributed by atoms with E-state index >= 15 is 0 Å². The highest BCUT2D eigenvalue weighted by molar-refractivity contribution is 7.47. The number of phosphoric acid groups is 2. The molecule has 0 fully saturated rings. The maximum absolute atomic E-state index is 13.1. The van der Waals surface area contributed by atoms with E-state index in [2.05, 4.69) is 222 Å². The summed E-state index contributed by atoms with van der Waals surface area (Å²) in [6.07, 6.45) is 102. The van der Waals surface area contributed by atoms with Crippen molar-refractivity contribution in [3.8, 4) is 0 Å². The van der Waals surface area contributed by atoms with Crippen LogP contribution in [-0.4, -0.2) is 96.7 Å². The molecule has 19 heteroatoms. The van der Waals surface area contributed by atoms with Gasteiger partial charge in [0.2, 0.25) is 0 Å². The predicted molar refractivity (Wildman–Crippen MR) is 444 cm³/mol. The molecule has 602 valence electrons. The van der Waals surface area contributed by atoms with Gasteiger partial charge in [-0.25, -0.2) is 9.13 Å². The van der Waals surface area contributed by atoms with E-state index in [4.69, 9.17) is 37.0 Å². The van der Waals surface area contributed by atoms with Crippen LogP contribution in [0.4, 0.5) is 0 Å². The van der Waals surface area contributed by atoms with Crippen LogP contribution in [0.3, 0.4) is 0 Å². The van der Waals surface area contributed by atoms with Crippen LogP contribution in [0.1, 0.15) is 233 Å². The van der Waals surface area contributed by atoms with Gasteiger partial charge in [-0.3, -0.25) is 37.3 Å². The minimum atomic E-state index is -5.03. The number of esters is 4. The molecule has 0 aromatic heterocycles. The Bertz CT molecular complexity index is 3010. The molecule has 108 heavy (non-hydrogen) atoms. The van der Waals surface area contributed by atoms with Crippen LogP contribution in [0.5, 0.6) is 0 Å². The van der Waals surface area contributed by atoms with Gasteiger partial charge < -0.3 is 33.8 Å². The van der Waals surface area contributed by atoms with Crippen molar-refractivity contribution in [1.29, 1.82) is 0 Å². The van der Waals surface area contributed by atoms with Crippen LogP contribution in [0, 0.1) is 0 Å². The van der Waals surface area contributed by atoms with Crippen LogP contribution in [0.2, 0.25) is 0 Å². The number of hydrogen-bond donors (Lipinski definition) is 3. The van der Waals surface area contributed by atoms with E-state index in [1.807, 2.05) is 48.6 Å². The summed E-state index contributed by atoms with van der Waals surface area (Å²) in [7, 11) is -10.1. The third-order valence-corrected chi connectivity index (χ3v) is 16.7. The SMILES string of the molecule is CC/C=C\C/C=C\C/C=C\C/C=C\C/C=C\C/C=C\CCC(=O)OCC(COP(=O)(O)OCC(O)COP(=O)(O)OCC(COC(=O)CCC/C=C\C/C=C\C/C=C\C/C=C\C/C=C\CC)OC(=O)CCC/C=C\C/C=C\C/C=C\C/C=C\C/C=C\CC)OC(=O)CCCC/C=C\C/C=C\C/C=C\C/C=C\CC. The first kappa shape index (κ1) is 101. The zero-order valence-electron chi connectivity index (χ0n) is 65.6. The molecule has 0 saturated heterocycles. The van der Waals surface area contributed by atoms with E-state index in [0.717, 1.165) is 128 Å². The fraction of sp³-hybridized carbons (Fsp3) is 0.506. The summed E-state index contributed by atoms with van der Waals surface area (Å²) < 4.78 is 68.3. The first-order chi connectivity index (χ1) is 52.7. The topological polar surface area (TPSA) is 237 Å². The molecule has 0 saturated carbocycles. The molecule has 0 aromatic carbocycles. The van der Waals surface area contributed by atoms with Gasteiger partial charge in [0.1, 0.15) is 19.3 Å². The summed E-state index contributed by atoms with van der Waals surface area (Å²) in [5, 5.41) is 10.6. The third kappa shape index (κ3) is 77.0. The van der Waals surface area contributed by atoms with Crippen LogP contribution < -0.4 is 0 Å². The zero-order valence-corrected chi connectivity index (χ0v) is 67.4. The van der Waals surface area contributed by atoms with Crippen LogP contribution in [0.25, 0.3) is 0 Å². The molecular formula is C89H134O17P2. The summed E-state index contributed by atoms with van der Waals surface area (Å²) in [6.45, 7) is 4.08. The molecule has 0 rings (SSSR count). The Hall–Kier alpha value is -7.14. The lowest BCUT2D eigenvalue weighted by Crippen LogP contribution is -2.30. The largest absolute Gasteiger partial charge is 0.472 e. The number of aliphatic hydroxyl groups excluding tert-OH is 1. The first-order valence-corrected chi connectivity index (χ1v) is 42.3. The maximum Gasteiger partial charge on any atom is 0.472 e. The summed E-state index contributed by atoms with van der Waals surface area (Å²) >= 11 is 0. The molecular weight excluding hydrogens is 1400 g/mol. The summed E-state index contributed by atoms with van der Waals surface area (Å²) in [5.74, 6) is -2.50. The lowest BCUT2D eigenvalue weighted by Gasteiger charge is -2.21. The molecule has 0 amide bonds. The fourth-order valence-electron chi connectivity index (χ4n) is 9.01. The summed E-state index contributed by atoms with van der Waals surface area (Å²) in [5.41, 5.74) is 0. The normalized spacial score (nSPS) is 15.1. The Kier molecular flexibility index (Phi) is 72.8. The van der Waals surface area contributed by atoms with E-state index in [1.54, 1.807) is 0 Å². The van der Waals surface area contributed by atoms with Crippen LogP contribution in [-0.2, 0) is 65.4 Å². The lowest BCUT2D eigenvalue weighted by atomic mass is 10.2. The molecule has 0 aliphatic heterocycles. The van der Waals surface area contributed by atoms with Gasteiger partial charge in [0.15, 0.2) is 12.2 Å². The number of aliphatic hydroxyl groups is 1. The molecule has 0 bridgehead atoms. The van der Waals surface area contributed by atoms with E-state index in [-0.39, 0.29) is 25.7 Å². The van der Waals surface area contributed by atoms with Crippen molar-refractivity contribution in [2.45, 2.75) is 251 Å². The fourth-order valence-corrected chi connectivity index (χ4v) is 10.6. The highest BCUT2D eigenvalue weighted by Gasteiger charge is 2.30. The number of carbonyl (C=O) groups excluding carboxylic acids is 4. The van der Waals surface area contributed by atoms with Crippen LogP contribution >= 0.6 is 15.6 Å². The van der Waals surface area contributed by atoms with E-state index < -0.39 is 97.5 Å². The summed E-state index contributed by atoms with van der Waals surface area (Å²) in [6, 6.07) is 0. The maximum atomic E-state index is 13.1. The smallest absolute Gasteiger partial charge is 0.462 e. The van der Waals surface area contributed by atoms with Crippen molar-refractivity contribution >= 4 is 39.5 Å². The average molecular weight is 1540 g/mol. The van der Waals surface area contributed by atoms with E-state index in [9.17, 15) is 43.2 Å². The zero-order chi connectivity index (χ0) is 78.9. The molecule has 0 radical (unpaired) electrons. The Morgan fingerprint density at radius 3 is 0.750 bits per heavy atom. The molecule has 0 aliphatic rings. The van der Waals surface area contributed by atoms with Crippen molar-refractivity contribution in [2.24, 2.45) is 0 Å². The second-order valence-corrected chi connectivity index (χ2v) is 27.7. The van der Waals surface area contributed by atoms with Gasteiger partial charge in [-0.2, -0.15) is 0 Å².